The molecule has 0 aliphatic carbocycles. The maximum atomic E-state index is 12.4. The molecule has 1 heterocycles. The molecule has 29 heavy (non-hydrogen) atoms. The Morgan fingerprint density at radius 1 is 0.966 bits per heavy atom. The molecule has 0 unspecified atom stereocenters. The van der Waals surface area contributed by atoms with Gasteiger partial charge in [0.1, 0.15) is 11.5 Å². The van der Waals surface area contributed by atoms with E-state index in [2.05, 4.69) is 9.82 Å². The molecule has 2 aromatic carbocycles. The summed E-state index contributed by atoms with van der Waals surface area (Å²) in [4.78, 5) is 12.5. The zero-order valence-electron chi connectivity index (χ0n) is 16.3. The zero-order valence-corrected chi connectivity index (χ0v) is 17.1. The first-order valence-corrected chi connectivity index (χ1v) is 10.3. The number of nitrogens with zero attached hydrogens (tertiary/aromatic N) is 3. The van der Waals surface area contributed by atoms with Crippen molar-refractivity contribution < 1.29 is 17.9 Å². The summed E-state index contributed by atoms with van der Waals surface area (Å²) < 4.78 is 40.1. The van der Waals surface area contributed by atoms with Crippen LogP contribution in [0, 0.1) is 0 Å². The average molecular weight is 418 g/mol. The minimum atomic E-state index is -3.70. The summed E-state index contributed by atoms with van der Waals surface area (Å²) in [5.74, 6) is 1.75. The molecule has 0 amide bonds. The van der Waals surface area contributed by atoms with Crippen molar-refractivity contribution >= 4 is 10.0 Å². The number of benzene rings is 2. The van der Waals surface area contributed by atoms with Crippen molar-refractivity contribution in [2.75, 3.05) is 20.8 Å². The van der Waals surface area contributed by atoms with Crippen molar-refractivity contribution in [3.05, 3.63) is 59.0 Å². The Balaban J connectivity index is 1.71. The second-order valence-electron chi connectivity index (χ2n) is 6.19. The number of nitrogens with one attached hydrogen (secondary N) is 1. The predicted molar refractivity (Wildman–Crippen MR) is 108 cm³/mol. The van der Waals surface area contributed by atoms with Crippen molar-refractivity contribution in [1.82, 2.24) is 19.1 Å². The molecule has 1 N–H and O–H groups in total. The Hall–Kier alpha value is -3.11. The fourth-order valence-electron chi connectivity index (χ4n) is 2.75. The van der Waals surface area contributed by atoms with Gasteiger partial charge in [-0.2, -0.15) is 0 Å². The lowest BCUT2D eigenvalue weighted by Crippen LogP contribution is -2.31. The van der Waals surface area contributed by atoms with E-state index in [4.69, 9.17) is 9.47 Å². The van der Waals surface area contributed by atoms with E-state index >= 15 is 0 Å². The molecule has 0 aliphatic rings. The third-order valence-corrected chi connectivity index (χ3v) is 5.85. The van der Waals surface area contributed by atoms with Crippen molar-refractivity contribution in [2.45, 2.75) is 11.4 Å². The Kier molecular flexibility index (Phi) is 6.04. The Morgan fingerprint density at radius 3 is 2.07 bits per heavy atom. The standard InChI is InChI=1S/C19H22N4O5S/c1-22-18(14-4-6-15(27-2)7-5-14)21-23(19(22)24)13-12-20-29(25,26)17-10-8-16(28-3)9-11-17/h4-11,20H,12-13H2,1-3H3. The molecule has 3 aromatic rings. The Morgan fingerprint density at radius 2 is 1.52 bits per heavy atom. The normalized spacial score (nSPS) is 11.4. The molecular weight excluding hydrogens is 396 g/mol. The van der Waals surface area contributed by atoms with Crippen LogP contribution in [0.4, 0.5) is 0 Å². The third kappa shape index (κ3) is 4.49. The zero-order chi connectivity index (χ0) is 21.0. The van der Waals surface area contributed by atoms with Crippen molar-refractivity contribution in [3.63, 3.8) is 0 Å². The minimum absolute atomic E-state index is 0.0212. The number of hydrogen-bond donors (Lipinski definition) is 1. The van der Waals surface area contributed by atoms with E-state index in [1.165, 1.54) is 28.5 Å². The van der Waals surface area contributed by atoms with Gasteiger partial charge in [0.25, 0.3) is 0 Å². The molecule has 1 aromatic heterocycles. The van der Waals surface area contributed by atoms with E-state index in [9.17, 15) is 13.2 Å². The quantitative estimate of drug-likeness (QED) is 0.590. The summed E-state index contributed by atoms with van der Waals surface area (Å²) in [6.07, 6.45) is 0. The lowest BCUT2D eigenvalue weighted by atomic mass is 10.2. The lowest BCUT2D eigenvalue weighted by molar-refractivity contribution is 0.414. The molecule has 0 spiro atoms. The fourth-order valence-corrected chi connectivity index (χ4v) is 3.77. The molecule has 0 bridgehead atoms. The summed E-state index contributed by atoms with van der Waals surface area (Å²) in [6, 6.07) is 13.2. The first-order valence-electron chi connectivity index (χ1n) is 8.77. The number of aromatic nitrogens is 3. The SMILES string of the molecule is COc1ccc(-c2nn(CCNS(=O)(=O)c3ccc(OC)cc3)c(=O)n2C)cc1. The van der Waals surface area contributed by atoms with Crippen molar-refractivity contribution in [3.8, 4) is 22.9 Å². The van der Waals surface area contributed by atoms with Crippen LogP contribution in [-0.4, -0.2) is 43.5 Å². The van der Waals surface area contributed by atoms with Gasteiger partial charge in [0.15, 0.2) is 5.82 Å². The van der Waals surface area contributed by atoms with Crippen LogP contribution in [0.2, 0.25) is 0 Å². The highest BCUT2D eigenvalue weighted by Crippen LogP contribution is 2.19. The van der Waals surface area contributed by atoms with Gasteiger partial charge in [-0.1, -0.05) is 0 Å². The number of rotatable bonds is 8. The first kappa shape index (κ1) is 20.6. The number of methoxy groups -OCH3 is 2. The highest BCUT2D eigenvalue weighted by molar-refractivity contribution is 7.89. The average Bonchev–Trinajstić information content (AvgIpc) is 3.02. The molecule has 0 radical (unpaired) electrons. The molecule has 0 fully saturated rings. The van der Waals surface area contributed by atoms with Gasteiger partial charge in [-0.25, -0.2) is 22.6 Å². The van der Waals surface area contributed by atoms with Gasteiger partial charge in [0.05, 0.1) is 25.7 Å². The number of sulfonamides is 1. The largest absolute Gasteiger partial charge is 0.497 e. The van der Waals surface area contributed by atoms with Crippen LogP contribution in [-0.2, 0) is 23.6 Å². The van der Waals surface area contributed by atoms with Gasteiger partial charge in [-0.05, 0) is 48.5 Å². The predicted octanol–water partition coefficient (Wildman–Crippen LogP) is 1.24. The van der Waals surface area contributed by atoms with Gasteiger partial charge in [0, 0.05) is 19.2 Å². The van der Waals surface area contributed by atoms with E-state index in [1.54, 1.807) is 50.6 Å². The summed E-state index contributed by atoms with van der Waals surface area (Å²) >= 11 is 0. The molecule has 0 aliphatic heterocycles. The highest BCUT2D eigenvalue weighted by Gasteiger charge is 2.16. The lowest BCUT2D eigenvalue weighted by Gasteiger charge is -2.07. The molecule has 9 nitrogen and oxygen atoms in total. The van der Waals surface area contributed by atoms with Gasteiger partial charge < -0.3 is 9.47 Å². The molecule has 0 atom stereocenters. The first-order chi connectivity index (χ1) is 13.9. The van der Waals surface area contributed by atoms with Crippen LogP contribution in [0.15, 0.2) is 58.2 Å². The maximum absolute atomic E-state index is 12.4. The van der Waals surface area contributed by atoms with Crippen LogP contribution < -0.4 is 19.9 Å². The van der Waals surface area contributed by atoms with Crippen LogP contribution in [0.3, 0.4) is 0 Å². The Labute approximate surface area is 168 Å². The Bertz CT molecular complexity index is 1130. The molecule has 154 valence electrons. The summed E-state index contributed by atoms with van der Waals surface area (Å²) in [7, 11) is 0.999. The van der Waals surface area contributed by atoms with E-state index in [0.29, 0.717) is 17.3 Å². The fraction of sp³-hybridized carbons (Fsp3) is 0.263. The van der Waals surface area contributed by atoms with Gasteiger partial charge in [-0.3, -0.25) is 4.57 Å². The van der Waals surface area contributed by atoms with E-state index < -0.39 is 10.0 Å². The van der Waals surface area contributed by atoms with Gasteiger partial charge >= 0.3 is 5.69 Å². The van der Waals surface area contributed by atoms with Gasteiger partial charge in [0.2, 0.25) is 10.0 Å². The highest BCUT2D eigenvalue weighted by atomic mass is 32.2. The minimum Gasteiger partial charge on any atom is -0.497 e. The summed E-state index contributed by atoms with van der Waals surface area (Å²) in [5.41, 5.74) is 0.419. The smallest absolute Gasteiger partial charge is 0.345 e. The summed E-state index contributed by atoms with van der Waals surface area (Å²) in [6.45, 7) is 0.117. The second kappa shape index (κ2) is 8.50. The van der Waals surface area contributed by atoms with E-state index in [-0.39, 0.29) is 23.7 Å². The number of ether oxygens (including phenoxy) is 2. The monoisotopic (exact) mass is 418 g/mol. The molecule has 10 heteroatoms. The van der Waals surface area contributed by atoms with Gasteiger partial charge in [-0.15, -0.1) is 5.10 Å². The van der Waals surface area contributed by atoms with Crippen LogP contribution in [0.1, 0.15) is 0 Å². The van der Waals surface area contributed by atoms with E-state index in [0.717, 1.165) is 5.56 Å². The molecule has 0 saturated carbocycles. The number of hydrogen-bond acceptors (Lipinski definition) is 6. The van der Waals surface area contributed by atoms with Crippen LogP contribution in [0.25, 0.3) is 11.4 Å². The third-order valence-electron chi connectivity index (χ3n) is 4.37. The van der Waals surface area contributed by atoms with Crippen LogP contribution >= 0.6 is 0 Å². The molecular formula is C19H22N4O5S. The molecule has 0 saturated heterocycles. The molecule has 3 rings (SSSR count). The van der Waals surface area contributed by atoms with E-state index in [1.807, 2.05) is 0 Å². The topological polar surface area (TPSA) is 104 Å². The second-order valence-corrected chi connectivity index (χ2v) is 7.96. The van der Waals surface area contributed by atoms with Crippen molar-refractivity contribution in [1.29, 1.82) is 0 Å². The summed E-state index contributed by atoms with van der Waals surface area (Å²) in [5, 5.41) is 4.33. The van der Waals surface area contributed by atoms with Crippen LogP contribution in [0.5, 0.6) is 11.5 Å². The maximum Gasteiger partial charge on any atom is 0.345 e. The van der Waals surface area contributed by atoms with Crippen molar-refractivity contribution in [2.24, 2.45) is 7.05 Å².